The summed E-state index contributed by atoms with van der Waals surface area (Å²) in [5.74, 6) is 1.08. The zero-order valence-electron chi connectivity index (χ0n) is 10.1. The summed E-state index contributed by atoms with van der Waals surface area (Å²) in [6.45, 7) is 3.82. The van der Waals surface area contributed by atoms with E-state index in [1.54, 1.807) is 0 Å². The average Bonchev–Trinajstić information content (AvgIpc) is 2.54. The van der Waals surface area contributed by atoms with Crippen LogP contribution in [0.5, 0.6) is 5.75 Å². The minimum absolute atomic E-state index is 0.121. The molecule has 0 saturated carbocycles. The molecule has 5 heteroatoms. The topological polar surface area (TPSA) is 69.4 Å². The Balaban J connectivity index is 2.17. The maximum absolute atomic E-state index is 11.3. The van der Waals surface area contributed by atoms with Crippen molar-refractivity contribution >= 4 is 15.5 Å². The van der Waals surface area contributed by atoms with Crippen molar-refractivity contribution in [1.82, 2.24) is 0 Å². The van der Waals surface area contributed by atoms with Gasteiger partial charge < -0.3 is 10.5 Å². The van der Waals surface area contributed by atoms with Crippen molar-refractivity contribution in [3.8, 4) is 5.75 Å². The van der Waals surface area contributed by atoms with Gasteiger partial charge in [0.25, 0.3) is 0 Å². The Morgan fingerprint density at radius 3 is 2.59 bits per heavy atom. The SMILES string of the molecule is Cc1cc(OC2CCS(=O)(=O)C2)c(C)cc1N. The Labute approximate surface area is 102 Å². The molecule has 1 aromatic carbocycles. The number of nitrogens with two attached hydrogens (primary N) is 1. The van der Waals surface area contributed by atoms with E-state index < -0.39 is 9.84 Å². The number of aryl methyl sites for hydroxylation is 2. The molecule has 0 aliphatic carbocycles. The lowest BCUT2D eigenvalue weighted by Crippen LogP contribution is -2.18. The molecule has 17 heavy (non-hydrogen) atoms. The van der Waals surface area contributed by atoms with E-state index in [4.69, 9.17) is 10.5 Å². The van der Waals surface area contributed by atoms with Crippen LogP contribution in [0.3, 0.4) is 0 Å². The highest BCUT2D eigenvalue weighted by Gasteiger charge is 2.29. The first-order valence-electron chi connectivity index (χ1n) is 5.61. The van der Waals surface area contributed by atoms with E-state index >= 15 is 0 Å². The van der Waals surface area contributed by atoms with E-state index in [0.717, 1.165) is 22.6 Å². The molecule has 1 heterocycles. The number of benzene rings is 1. The highest BCUT2D eigenvalue weighted by atomic mass is 32.2. The van der Waals surface area contributed by atoms with Crippen molar-refractivity contribution in [2.75, 3.05) is 17.2 Å². The molecule has 1 saturated heterocycles. The van der Waals surface area contributed by atoms with Gasteiger partial charge in [0.1, 0.15) is 11.9 Å². The molecule has 1 fully saturated rings. The Hall–Kier alpha value is -1.23. The smallest absolute Gasteiger partial charge is 0.154 e. The van der Waals surface area contributed by atoms with Crippen LogP contribution in [-0.4, -0.2) is 26.0 Å². The molecule has 4 nitrogen and oxygen atoms in total. The molecule has 94 valence electrons. The van der Waals surface area contributed by atoms with Crippen LogP contribution in [0, 0.1) is 13.8 Å². The number of sulfone groups is 1. The van der Waals surface area contributed by atoms with Gasteiger partial charge in [-0.2, -0.15) is 0 Å². The van der Waals surface area contributed by atoms with Gasteiger partial charge in [-0.3, -0.25) is 0 Å². The summed E-state index contributed by atoms with van der Waals surface area (Å²) >= 11 is 0. The first-order valence-corrected chi connectivity index (χ1v) is 7.43. The predicted octanol–water partition coefficient (Wildman–Crippen LogP) is 1.45. The number of hydrogen-bond acceptors (Lipinski definition) is 4. The summed E-state index contributed by atoms with van der Waals surface area (Å²) in [4.78, 5) is 0. The summed E-state index contributed by atoms with van der Waals surface area (Å²) in [5.41, 5.74) is 8.41. The lowest BCUT2D eigenvalue weighted by molar-refractivity contribution is 0.227. The first kappa shape index (κ1) is 12.2. The van der Waals surface area contributed by atoms with Crippen LogP contribution < -0.4 is 10.5 Å². The van der Waals surface area contributed by atoms with Crippen LogP contribution in [0.1, 0.15) is 17.5 Å². The third kappa shape index (κ3) is 2.72. The number of ether oxygens (including phenoxy) is 1. The summed E-state index contributed by atoms with van der Waals surface area (Å²) in [6, 6.07) is 3.73. The van der Waals surface area contributed by atoms with Gasteiger partial charge in [0.05, 0.1) is 11.5 Å². The van der Waals surface area contributed by atoms with Crippen molar-refractivity contribution in [1.29, 1.82) is 0 Å². The van der Waals surface area contributed by atoms with Crippen molar-refractivity contribution in [2.24, 2.45) is 0 Å². The molecule has 0 aromatic heterocycles. The fourth-order valence-electron chi connectivity index (χ4n) is 1.97. The highest BCUT2D eigenvalue weighted by Crippen LogP contribution is 2.27. The van der Waals surface area contributed by atoms with Crippen molar-refractivity contribution < 1.29 is 13.2 Å². The third-order valence-corrected chi connectivity index (χ3v) is 4.79. The first-order chi connectivity index (χ1) is 7.87. The molecule has 0 bridgehead atoms. The van der Waals surface area contributed by atoms with Gasteiger partial charge in [-0.25, -0.2) is 8.42 Å². The van der Waals surface area contributed by atoms with E-state index in [-0.39, 0.29) is 17.6 Å². The second-order valence-corrected chi connectivity index (χ2v) is 6.85. The van der Waals surface area contributed by atoms with Gasteiger partial charge in [-0.15, -0.1) is 0 Å². The standard InChI is InChI=1S/C12H17NO3S/c1-8-6-12(9(2)5-11(8)13)16-10-3-4-17(14,15)7-10/h5-6,10H,3-4,7,13H2,1-2H3. The monoisotopic (exact) mass is 255 g/mol. The number of anilines is 1. The number of rotatable bonds is 2. The van der Waals surface area contributed by atoms with Gasteiger partial charge in [0.2, 0.25) is 0 Å². The molecule has 1 aliphatic heterocycles. The van der Waals surface area contributed by atoms with Crippen LogP contribution in [0.25, 0.3) is 0 Å². The Morgan fingerprint density at radius 2 is 2.00 bits per heavy atom. The van der Waals surface area contributed by atoms with Gasteiger partial charge in [-0.05, 0) is 43.5 Å². The van der Waals surface area contributed by atoms with Crippen molar-refractivity contribution in [3.05, 3.63) is 23.3 Å². The maximum atomic E-state index is 11.3. The molecule has 2 N–H and O–H groups in total. The molecule has 0 amide bonds. The van der Waals surface area contributed by atoms with Gasteiger partial charge in [-0.1, -0.05) is 0 Å². The van der Waals surface area contributed by atoms with E-state index in [9.17, 15) is 8.42 Å². The fraction of sp³-hybridized carbons (Fsp3) is 0.500. The molecule has 1 aliphatic rings. The lowest BCUT2D eigenvalue weighted by atomic mass is 10.1. The molecular weight excluding hydrogens is 238 g/mol. The number of nitrogen functional groups attached to an aromatic ring is 1. The molecular formula is C12H17NO3S. The summed E-state index contributed by atoms with van der Waals surface area (Å²) < 4.78 is 28.4. The van der Waals surface area contributed by atoms with Crippen LogP contribution in [0.15, 0.2) is 12.1 Å². The van der Waals surface area contributed by atoms with Crippen molar-refractivity contribution in [2.45, 2.75) is 26.4 Å². The molecule has 0 spiro atoms. The Kier molecular flexibility index (Phi) is 3.03. The maximum Gasteiger partial charge on any atom is 0.154 e. The Morgan fingerprint density at radius 1 is 1.29 bits per heavy atom. The molecule has 1 atom stereocenters. The van der Waals surface area contributed by atoms with Crippen molar-refractivity contribution in [3.63, 3.8) is 0 Å². The Bertz CT molecular complexity index is 537. The number of hydrogen-bond donors (Lipinski definition) is 1. The highest BCUT2D eigenvalue weighted by molar-refractivity contribution is 7.91. The summed E-state index contributed by atoms with van der Waals surface area (Å²) in [5, 5.41) is 0. The molecule has 2 rings (SSSR count). The summed E-state index contributed by atoms with van der Waals surface area (Å²) in [7, 11) is -2.90. The second-order valence-electron chi connectivity index (χ2n) is 4.62. The van der Waals surface area contributed by atoms with E-state index in [1.807, 2.05) is 26.0 Å². The largest absolute Gasteiger partial charge is 0.489 e. The normalized spacial score (nSPS) is 22.6. The molecule has 1 aromatic rings. The van der Waals surface area contributed by atoms with E-state index in [0.29, 0.717) is 6.42 Å². The van der Waals surface area contributed by atoms with Crippen LogP contribution in [0.4, 0.5) is 5.69 Å². The molecule has 0 radical (unpaired) electrons. The summed E-state index contributed by atoms with van der Waals surface area (Å²) in [6.07, 6.45) is 0.354. The minimum Gasteiger partial charge on any atom is -0.489 e. The van der Waals surface area contributed by atoms with Crippen LogP contribution >= 0.6 is 0 Å². The predicted molar refractivity (Wildman–Crippen MR) is 68.0 cm³/mol. The molecule has 1 unspecified atom stereocenters. The second kappa shape index (κ2) is 4.22. The van der Waals surface area contributed by atoms with E-state index in [1.165, 1.54) is 0 Å². The average molecular weight is 255 g/mol. The van der Waals surface area contributed by atoms with E-state index in [2.05, 4.69) is 0 Å². The van der Waals surface area contributed by atoms with Gasteiger partial charge >= 0.3 is 0 Å². The van der Waals surface area contributed by atoms with Gasteiger partial charge in [0.15, 0.2) is 9.84 Å². The zero-order chi connectivity index (χ0) is 12.6. The van der Waals surface area contributed by atoms with Gasteiger partial charge in [0, 0.05) is 5.69 Å². The minimum atomic E-state index is -2.90. The third-order valence-electron chi connectivity index (χ3n) is 3.05. The lowest BCUT2D eigenvalue weighted by Gasteiger charge is -2.15. The fourth-order valence-corrected chi connectivity index (χ4v) is 3.56. The quantitative estimate of drug-likeness (QED) is 0.812. The van der Waals surface area contributed by atoms with Crippen LogP contribution in [-0.2, 0) is 9.84 Å². The van der Waals surface area contributed by atoms with Crippen LogP contribution in [0.2, 0.25) is 0 Å². The zero-order valence-corrected chi connectivity index (χ0v) is 10.9.